The van der Waals surface area contributed by atoms with Crippen molar-refractivity contribution >= 4 is 18.1 Å². The van der Waals surface area contributed by atoms with Crippen molar-refractivity contribution in [2.24, 2.45) is 29.6 Å². The molecule has 1 aliphatic heterocycles. The zero-order valence-electron chi connectivity index (χ0n) is 19.5. The highest BCUT2D eigenvalue weighted by molar-refractivity contribution is 5.72. The average molecular weight is 449 g/mol. The van der Waals surface area contributed by atoms with Crippen LogP contribution in [0.15, 0.2) is 23.8 Å². The Hall–Kier alpha value is -2.31. The highest BCUT2D eigenvalue weighted by Gasteiger charge is 2.42. The monoisotopic (exact) mass is 448 g/mol. The van der Waals surface area contributed by atoms with Gasteiger partial charge in [0.25, 0.3) is 0 Å². The molecular formula is C25H36O7. The minimum Gasteiger partial charge on any atom is -0.462 e. The number of carboxylic acid groups (broad SMARTS) is 1. The SMILES string of the molecule is CCC(C)C(=O)OC1CC(C)C=C2C=CC(C)C(CCC3CC(OC(=O)O)CC(=O)O3)C21. The molecule has 0 spiro atoms. The van der Waals surface area contributed by atoms with Gasteiger partial charge in [0.05, 0.1) is 12.3 Å². The number of esters is 2. The second kappa shape index (κ2) is 10.5. The van der Waals surface area contributed by atoms with Crippen LogP contribution in [-0.4, -0.2) is 41.5 Å². The molecule has 0 aromatic heterocycles. The summed E-state index contributed by atoms with van der Waals surface area (Å²) in [6, 6.07) is 0. The van der Waals surface area contributed by atoms with Gasteiger partial charge < -0.3 is 19.3 Å². The van der Waals surface area contributed by atoms with Crippen LogP contribution in [-0.2, 0) is 23.8 Å². The first-order valence-corrected chi connectivity index (χ1v) is 11.9. The van der Waals surface area contributed by atoms with E-state index >= 15 is 0 Å². The van der Waals surface area contributed by atoms with Gasteiger partial charge >= 0.3 is 18.1 Å². The summed E-state index contributed by atoms with van der Waals surface area (Å²) in [5, 5.41) is 8.89. The van der Waals surface area contributed by atoms with E-state index in [-0.39, 0.29) is 42.4 Å². The molecule has 0 saturated carbocycles. The van der Waals surface area contributed by atoms with Gasteiger partial charge in [-0.05, 0) is 49.0 Å². The van der Waals surface area contributed by atoms with E-state index in [9.17, 15) is 14.4 Å². The van der Waals surface area contributed by atoms with Gasteiger partial charge in [-0.15, -0.1) is 0 Å². The maximum atomic E-state index is 12.6. The van der Waals surface area contributed by atoms with Crippen molar-refractivity contribution in [2.75, 3.05) is 0 Å². The first-order valence-electron chi connectivity index (χ1n) is 11.9. The highest BCUT2D eigenvalue weighted by Crippen LogP contribution is 2.45. The molecule has 178 valence electrons. The van der Waals surface area contributed by atoms with E-state index in [0.29, 0.717) is 24.7 Å². The van der Waals surface area contributed by atoms with Crippen LogP contribution in [0.1, 0.15) is 66.2 Å². The number of carbonyl (C=O) groups excluding carboxylic acids is 2. The average Bonchev–Trinajstić information content (AvgIpc) is 2.71. The highest BCUT2D eigenvalue weighted by atomic mass is 16.7. The molecule has 32 heavy (non-hydrogen) atoms. The molecule has 7 nitrogen and oxygen atoms in total. The molecule has 0 aromatic carbocycles. The van der Waals surface area contributed by atoms with Crippen LogP contribution < -0.4 is 0 Å². The molecule has 0 bridgehead atoms. The van der Waals surface area contributed by atoms with Gasteiger partial charge in [0.15, 0.2) is 0 Å². The lowest BCUT2D eigenvalue weighted by Crippen LogP contribution is -2.42. The maximum absolute atomic E-state index is 12.6. The lowest BCUT2D eigenvalue weighted by atomic mass is 9.65. The van der Waals surface area contributed by atoms with E-state index in [1.165, 1.54) is 5.57 Å². The first kappa shape index (κ1) is 24.3. The summed E-state index contributed by atoms with van der Waals surface area (Å²) in [5.41, 5.74) is 1.22. The van der Waals surface area contributed by atoms with E-state index in [1.54, 1.807) is 0 Å². The Kier molecular flexibility index (Phi) is 8.01. The summed E-state index contributed by atoms with van der Waals surface area (Å²) < 4.78 is 16.4. The summed E-state index contributed by atoms with van der Waals surface area (Å²) in [6.45, 7) is 8.21. The maximum Gasteiger partial charge on any atom is 0.506 e. The van der Waals surface area contributed by atoms with Gasteiger partial charge in [-0.2, -0.15) is 0 Å². The summed E-state index contributed by atoms with van der Waals surface area (Å²) in [4.78, 5) is 35.4. The first-order chi connectivity index (χ1) is 15.2. The lowest BCUT2D eigenvalue weighted by Gasteiger charge is -2.43. The molecule has 8 atom stereocenters. The van der Waals surface area contributed by atoms with E-state index < -0.39 is 18.2 Å². The topological polar surface area (TPSA) is 99.1 Å². The Labute approximate surface area is 190 Å². The predicted molar refractivity (Wildman–Crippen MR) is 118 cm³/mol. The third-order valence-corrected chi connectivity index (χ3v) is 7.19. The molecule has 7 heteroatoms. The van der Waals surface area contributed by atoms with Crippen molar-refractivity contribution < 1.29 is 33.7 Å². The fraction of sp³-hybridized carbons (Fsp3) is 0.720. The Bertz CT molecular complexity index is 768. The van der Waals surface area contributed by atoms with Crippen LogP contribution >= 0.6 is 0 Å². The Morgan fingerprint density at radius 2 is 1.97 bits per heavy atom. The van der Waals surface area contributed by atoms with Crippen LogP contribution in [0.4, 0.5) is 4.79 Å². The zero-order chi connectivity index (χ0) is 23.4. The van der Waals surface area contributed by atoms with Crippen LogP contribution in [0.3, 0.4) is 0 Å². The lowest BCUT2D eigenvalue weighted by molar-refractivity contribution is -0.163. The molecule has 1 saturated heterocycles. The fourth-order valence-electron chi connectivity index (χ4n) is 5.29. The van der Waals surface area contributed by atoms with Gasteiger partial charge in [0.1, 0.15) is 18.3 Å². The summed E-state index contributed by atoms with van der Waals surface area (Å²) in [7, 11) is 0. The number of hydrogen-bond donors (Lipinski definition) is 1. The molecule has 8 unspecified atom stereocenters. The van der Waals surface area contributed by atoms with Gasteiger partial charge in [-0.3, -0.25) is 9.59 Å². The van der Waals surface area contributed by atoms with E-state index in [0.717, 1.165) is 19.3 Å². The minimum absolute atomic E-state index is 0.0353. The standard InChI is InChI=1S/C25H36O7/c1-5-15(3)24(27)32-21-11-14(2)10-17-7-6-16(4)20(23(17)21)9-8-18-12-19(31-25(28)29)13-22(26)30-18/h6-7,10,14-16,18-21,23H,5,8-9,11-13H2,1-4H3,(H,28,29). The number of allylic oxidation sites excluding steroid dienone is 3. The zero-order valence-corrected chi connectivity index (χ0v) is 19.5. The van der Waals surface area contributed by atoms with Crippen molar-refractivity contribution in [2.45, 2.75) is 84.5 Å². The van der Waals surface area contributed by atoms with Crippen molar-refractivity contribution in [1.82, 2.24) is 0 Å². The molecule has 0 aromatic rings. The number of carbonyl (C=O) groups is 3. The third-order valence-electron chi connectivity index (χ3n) is 7.19. The van der Waals surface area contributed by atoms with E-state index in [4.69, 9.17) is 19.3 Å². The van der Waals surface area contributed by atoms with Crippen molar-refractivity contribution in [3.05, 3.63) is 23.8 Å². The second-order valence-corrected chi connectivity index (χ2v) is 9.71. The molecular weight excluding hydrogens is 412 g/mol. The van der Waals surface area contributed by atoms with Crippen LogP contribution in [0.2, 0.25) is 0 Å². The molecule has 1 fully saturated rings. The number of rotatable bonds is 7. The van der Waals surface area contributed by atoms with Crippen LogP contribution in [0.5, 0.6) is 0 Å². The second-order valence-electron chi connectivity index (χ2n) is 9.71. The molecule has 1 N–H and O–H groups in total. The van der Waals surface area contributed by atoms with Gasteiger partial charge in [0.2, 0.25) is 0 Å². The van der Waals surface area contributed by atoms with E-state index in [1.807, 2.05) is 13.8 Å². The van der Waals surface area contributed by atoms with Crippen molar-refractivity contribution in [3.63, 3.8) is 0 Å². The Balaban J connectivity index is 1.72. The Morgan fingerprint density at radius 3 is 2.66 bits per heavy atom. The number of ether oxygens (including phenoxy) is 3. The number of cyclic esters (lactones) is 1. The Morgan fingerprint density at radius 1 is 1.22 bits per heavy atom. The normalized spacial score (nSPS) is 35.2. The minimum atomic E-state index is -1.37. The van der Waals surface area contributed by atoms with E-state index in [2.05, 4.69) is 32.1 Å². The van der Waals surface area contributed by atoms with Gasteiger partial charge in [-0.25, -0.2) is 4.79 Å². The third kappa shape index (κ3) is 5.93. The smallest absolute Gasteiger partial charge is 0.462 e. The van der Waals surface area contributed by atoms with Crippen LogP contribution in [0.25, 0.3) is 0 Å². The summed E-state index contributed by atoms with van der Waals surface area (Å²) in [6.07, 6.45) is 7.42. The molecule has 3 aliphatic rings. The fourth-order valence-corrected chi connectivity index (χ4v) is 5.29. The summed E-state index contributed by atoms with van der Waals surface area (Å²) in [5.74, 6) is 0.307. The molecule has 1 heterocycles. The molecule has 0 amide bonds. The predicted octanol–water partition coefficient (Wildman–Crippen LogP) is 4.90. The number of hydrogen-bond acceptors (Lipinski definition) is 6. The van der Waals surface area contributed by atoms with Crippen molar-refractivity contribution in [3.8, 4) is 0 Å². The largest absolute Gasteiger partial charge is 0.506 e. The molecule has 0 radical (unpaired) electrons. The van der Waals surface area contributed by atoms with Crippen molar-refractivity contribution in [1.29, 1.82) is 0 Å². The van der Waals surface area contributed by atoms with Gasteiger partial charge in [0, 0.05) is 12.3 Å². The summed E-state index contributed by atoms with van der Waals surface area (Å²) >= 11 is 0. The molecule has 3 rings (SSSR count). The van der Waals surface area contributed by atoms with Crippen LogP contribution in [0, 0.1) is 29.6 Å². The molecule has 2 aliphatic carbocycles. The number of fused-ring (bicyclic) bond motifs is 1. The quantitative estimate of drug-likeness (QED) is 0.437. The van der Waals surface area contributed by atoms with Gasteiger partial charge in [-0.1, -0.05) is 45.9 Å².